The zero-order chi connectivity index (χ0) is 10.2. The van der Waals surface area contributed by atoms with Crippen molar-refractivity contribution in [1.29, 1.82) is 0 Å². The van der Waals surface area contributed by atoms with Gasteiger partial charge in [-0.15, -0.1) is 10.2 Å². The Balaban J connectivity index is 2.14. The summed E-state index contributed by atoms with van der Waals surface area (Å²) in [5, 5.41) is 17.9. The Morgan fingerprint density at radius 1 is 1.50 bits per heavy atom. The maximum Gasteiger partial charge on any atom is 0.151 e. The van der Waals surface area contributed by atoms with Crippen LogP contribution in [-0.2, 0) is 0 Å². The van der Waals surface area contributed by atoms with E-state index in [4.69, 9.17) is 11.6 Å². The maximum absolute atomic E-state index is 9.76. The molecule has 1 aromatic heterocycles. The molecule has 4 nitrogen and oxygen atoms in total. The Morgan fingerprint density at radius 3 is 2.79 bits per heavy atom. The molecule has 5 heteroatoms. The van der Waals surface area contributed by atoms with Gasteiger partial charge in [0.15, 0.2) is 11.0 Å². The highest BCUT2D eigenvalue weighted by atomic mass is 35.5. The SMILES string of the molecule is CC1(O)CCN(c2ccc(Cl)nn2)C1. The molecule has 0 aromatic carbocycles. The van der Waals surface area contributed by atoms with E-state index in [9.17, 15) is 5.11 Å². The Kier molecular flexibility index (Phi) is 2.33. The first-order chi connectivity index (χ1) is 6.57. The molecule has 1 saturated heterocycles. The first kappa shape index (κ1) is 9.68. The highest BCUT2D eigenvalue weighted by Gasteiger charge is 2.31. The van der Waals surface area contributed by atoms with Gasteiger partial charge >= 0.3 is 0 Å². The first-order valence-electron chi connectivity index (χ1n) is 4.53. The molecule has 1 unspecified atom stereocenters. The molecule has 1 atom stereocenters. The van der Waals surface area contributed by atoms with Gasteiger partial charge in [-0.2, -0.15) is 0 Å². The number of hydrogen-bond donors (Lipinski definition) is 1. The van der Waals surface area contributed by atoms with Gasteiger partial charge in [-0.3, -0.25) is 0 Å². The lowest BCUT2D eigenvalue weighted by molar-refractivity contribution is 0.0839. The molecule has 1 aromatic rings. The molecular formula is C9H12ClN3O. The van der Waals surface area contributed by atoms with Gasteiger partial charge in [0.25, 0.3) is 0 Å². The predicted octanol–water partition coefficient (Wildman–Crippen LogP) is 1.09. The van der Waals surface area contributed by atoms with E-state index in [0.717, 1.165) is 18.8 Å². The Hall–Kier alpha value is -0.870. The van der Waals surface area contributed by atoms with E-state index in [1.165, 1.54) is 0 Å². The summed E-state index contributed by atoms with van der Waals surface area (Å²) >= 11 is 5.63. The molecule has 2 heterocycles. The van der Waals surface area contributed by atoms with Crippen LogP contribution in [0.4, 0.5) is 5.82 Å². The first-order valence-corrected chi connectivity index (χ1v) is 4.91. The fourth-order valence-electron chi connectivity index (χ4n) is 1.62. The number of nitrogens with zero attached hydrogens (tertiary/aromatic N) is 3. The summed E-state index contributed by atoms with van der Waals surface area (Å²) < 4.78 is 0. The number of halogens is 1. The van der Waals surface area contributed by atoms with Crippen molar-refractivity contribution in [1.82, 2.24) is 10.2 Å². The van der Waals surface area contributed by atoms with E-state index in [1.807, 2.05) is 17.9 Å². The second-order valence-corrected chi connectivity index (χ2v) is 4.27. The van der Waals surface area contributed by atoms with Gasteiger partial charge in [-0.05, 0) is 25.5 Å². The average molecular weight is 214 g/mol. The van der Waals surface area contributed by atoms with Crippen LogP contribution in [0.5, 0.6) is 0 Å². The summed E-state index contributed by atoms with van der Waals surface area (Å²) in [5.74, 6) is 0.771. The van der Waals surface area contributed by atoms with Crippen LogP contribution in [0.15, 0.2) is 12.1 Å². The Labute approximate surface area is 87.5 Å². The molecule has 0 saturated carbocycles. The van der Waals surface area contributed by atoms with Crippen molar-refractivity contribution in [2.75, 3.05) is 18.0 Å². The lowest BCUT2D eigenvalue weighted by atomic mass is 10.1. The van der Waals surface area contributed by atoms with Crippen LogP contribution in [0.25, 0.3) is 0 Å². The van der Waals surface area contributed by atoms with E-state index in [1.54, 1.807) is 6.07 Å². The summed E-state index contributed by atoms with van der Waals surface area (Å²) in [7, 11) is 0. The van der Waals surface area contributed by atoms with Crippen LogP contribution in [0, 0.1) is 0 Å². The molecule has 2 rings (SSSR count). The molecule has 0 aliphatic carbocycles. The number of rotatable bonds is 1. The van der Waals surface area contributed by atoms with Crippen molar-refractivity contribution in [3.8, 4) is 0 Å². The van der Waals surface area contributed by atoms with Gasteiger partial charge in [0.1, 0.15) is 0 Å². The van der Waals surface area contributed by atoms with Crippen LogP contribution in [-0.4, -0.2) is 34.0 Å². The smallest absolute Gasteiger partial charge is 0.151 e. The highest BCUT2D eigenvalue weighted by Crippen LogP contribution is 2.24. The fraction of sp³-hybridized carbons (Fsp3) is 0.556. The fourth-order valence-corrected chi connectivity index (χ4v) is 1.72. The molecule has 0 radical (unpaired) electrons. The minimum atomic E-state index is -0.610. The van der Waals surface area contributed by atoms with Crippen molar-refractivity contribution in [3.05, 3.63) is 17.3 Å². The number of aliphatic hydroxyl groups is 1. The third kappa shape index (κ3) is 1.96. The normalized spacial score (nSPS) is 26.9. The van der Waals surface area contributed by atoms with Gasteiger partial charge in [-0.25, -0.2) is 0 Å². The Bertz CT molecular complexity index is 325. The van der Waals surface area contributed by atoms with Crippen LogP contribution in [0.1, 0.15) is 13.3 Å². The lowest BCUT2D eigenvalue weighted by Gasteiger charge is -2.18. The third-order valence-corrected chi connectivity index (χ3v) is 2.60. The molecule has 1 aliphatic heterocycles. The molecule has 76 valence electrons. The van der Waals surface area contributed by atoms with Gasteiger partial charge in [-0.1, -0.05) is 11.6 Å². The van der Waals surface area contributed by atoms with E-state index in [-0.39, 0.29) is 0 Å². The number of β-amino-alcohol motifs (C(OH)–C–C–N with tert-alkyl or cyclic N) is 1. The number of aromatic nitrogens is 2. The zero-order valence-electron chi connectivity index (χ0n) is 7.94. The largest absolute Gasteiger partial charge is 0.388 e. The van der Waals surface area contributed by atoms with Crippen molar-refractivity contribution in [3.63, 3.8) is 0 Å². The number of hydrogen-bond acceptors (Lipinski definition) is 4. The molecule has 1 fully saturated rings. The topological polar surface area (TPSA) is 49.2 Å². The van der Waals surface area contributed by atoms with Crippen LogP contribution < -0.4 is 4.90 Å². The van der Waals surface area contributed by atoms with E-state index in [2.05, 4.69) is 10.2 Å². The Morgan fingerprint density at radius 2 is 2.29 bits per heavy atom. The predicted molar refractivity (Wildman–Crippen MR) is 54.5 cm³/mol. The van der Waals surface area contributed by atoms with E-state index < -0.39 is 5.60 Å². The minimum Gasteiger partial charge on any atom is -0.388 e. The molecule has 1 aliphatic rings. The standard InChI is InChI=1S/C9H12ClN3O/c1-9(14)4-5-13(6-9)8-3-2-7(10)11-12-8/h2-3,14H,4-6H2,1H3. The molecule has 1 N–H and O–H groups in total. The summed E-state index contributed by atoms with van der Waals surface area (Å²) in [6.45, 7) is 3.24. The van der Waals surface area contributed by atoms with Crippen LogP contribution in [0.3, 0.4) is 0 Å². The van der Waals surface area contributed by atoms with E-state index >= 15 is 0 Å². The summed E-state index contributed by atoms with van der Waals surface area (Å²) in [6, 6.07) is 3.52. The van der Waals surface area contributed by atoms with Crippen LogP contribution in [0.2, 0.25) is 5.15 Å². The highest BCUT2D eigenvalue weighted by molar-refractivity contribution is 6.29. The monoisotopic (exact) mass is 213 g/mol. The molecule has 0 amide bonds. The maximum atomic E-state index is 9.76. The molecular weight excluding hydrogens is 202 g/mol. The summed E-state index contributed by atoms with van der Waals surface area (Å²) in [5.41, 5.74) is -0.610. The second-order valence-electron chi connectivity index (χ2n) is 3.88. The molecule has 0 bridgehead atoms. The number of anilines is 1. The second kappa shape index (κ2) is 3.37. The van der Waals surface area contributed by atoms with Crippen molar-refractivity contribution in [2.24, 2.45) is 0 Å². The summed E-state index contributed by atoms with van der Waals surface area (Å²) in [4.78, 5) is 2.00. The van der Waals surface area contributed by atoms with Gasteiger partial charge < -0.3 is 10.0 Å². The third-order valence-electron chi connectivity index (χ3n) is 2.39. The lowest BCUT2D eigenvalue weighted by Crippen LogP contribution is -2.30. The average Bonchev–Trinajstić information content (AvgIpc) is 2.47. The van der Waals surface area contributed by atoms with Crippen LogP contribution >= 0.6 is 11.6 Å². The van der Waals surface area contributed by atoms with E-state index in [0.29, 0.717) is 11.7 Å². The van der Waals surface area contributed by atoms with Gasteiger partial charge in [0.05, 0.1) is 5.60 Å². The minimum absolute atomic E-state index is 0.389. The zero-order valence-corrected chi connectivity index (χ0v) is 8.70. The van der Waals surface area contributed by atoms with Gasteiger partial charge in [0.2, 0.25) is 0 Å². The van der Waals surface area contributed by atoms with Crippen molar-refractivity contribution < 1.29 is 5.11 Å². The van der Waals surface area contributed by atoms with Crippen molar-refractivity contribution >= 4 is 17.4 Å². The summed E-state index contributed by atoms with van der Waals surface area (Å²) in [6.07, 6.45) is 0.761. The van der Waals surface area contributed by atoms with Gasteiger partial charge in [0, 0.05) is 13.1 Å². The molecule has 14 heavy (non-hydrogen) atoms. The molecule has 0 spiro atoms. The quantitative estimate of drug-likeness (QED) is 0.759. The van der Waals surface area contributed by atoms with Crippen molar-refractivity contribution in [2.45, 2.75) is 18.9 Å².